The highest BCUT2D eigenvalue weighted by atomic mass is 35.5. The molecule has 1 heterocycles. The molecule has 7 heteroatoms. The van der Waals surface area contributed by atoms with E-state index in [2.05, 4.69) is 20.6 Å². The Kier molecular flexibility index (Phi) is 5.57. The third kappa shape index (κ3) is 4.95. The summed E-state index contributed by atoms with van der Waals surface area (Å²) in [5, 5.41) is 6.53. The van der Waals surface area contributed by atoms with Crippen LogP contribution in [0.25, 0.3) is 0 Å². The van der Waals surface area contributed by atoms with Crippen molar-refractivity contribution in [3.8, 4) is 0 Å². The second kappa shape index (κ2) is 8.05. The first-order chi connectivity index (χ1) is 12.9. The number of amides is 1. The fourth-order valence-electron chi connectivity index (χ4n) is 2.47. The van der Waals surface area contributed by atoms with E-state index in [1.807, 2.05) is 62.3 Å². The number of hydrogen-bond donors (Lipinski definition) is 2. The number of benzene rings is 2. The fraction of sp³-hybridized carbons (Fsp3) is 0.150. The van der Waals surface area contributed by atoms with Crippen molar-refractivity contribution in [2.24, 2.45) is 0 Å². The number of aromatic nitrogens is 2. The van der Waals surface area contributed by atoms with Crippen molar-refractivity contribution < 1.29 is 4.79 Å². The molecule has 1 amide bonds. The molecule has 0 atom stereocenters. The summed E-state index contributed by atoms with van der Waals surface area (Å²) in [6.07, 6.45) is 0. The second-order valence-electron chi connectivity index (χ2n) is 6.25. The van der Waals surface area contributed by atoms with Crippen LogP contribution in [0.2, 0.25) is 5.02 Å². The first-order valence-electron chi connectivity index (χ1n) is 8.38. The van der Waals surface area contributed by atoms with Gasteiger partial charge in [-0.3, -0.25) is 4.79 Å². The molecule has 0 saturated carbocycles. The highest BCUT2D eigenvalue weighted by Crippen LogP contribution is 2.19. The molecule has 2 N–H and O–H groups in total. The SMILES string of the molecule is Cc1cc(C(=O)Nc2ccc(N(C)C)cc2)nc(Nc2cccc(Cl)c2)n1. The molecule has 27 heavy (non-hydrogen) atoms. The van der Waals surface area contributed by atoms with Gasteiger partial charge in [0.25, 0.3) is 5.91 Å². The lowest BCUT2D eigenvalue weighted by molar-refractivity contribution is 0.102. The first-order valence-corrected chi connectivity index (χ1v) is 8.75. The number of hydrogen-bond acceptors (Lipinski definition) is 5. The van der Waals surface area contributed by atoms with Crippen molar-refractivity contribution in [3.63, 3.8) is 0 Å². The lowest BCUT2D eigenvalue weighted by atomic mass is 10.2. The molecule has 0 aliphatic heterocycles. The van der Waals surface area contributed by atoms with Crippen LogP contribution in [-0.4, -0.2) is 30.0 Å². The lowest BCUT2D eigenvalue weighted by Gasteiger charge is -2.13. The predicted molar refractivity (Wildman–Crippen MR) is 110 cm³/mol. The number of nitrogens with one attached hydrogen (secondary N) is 2. The van der Waals surface area contributed by atoms with Gasteiger partial charge in [0.2, 0.25) is 5.95 Å². The fourth-order valence-corrected chi connectivity index (χ4v) is 2.66. The highest BCUT2D eigenvalue weighted by molar-refractivity contribution is 6.30. The predicted octanol–water partition coefficient (Wildman–Crippen LogP) is 4.50. The zero-order chi connectivity index (χ0) is 19.4. The maximum absolute atomic E-state index is 12.6. The van der Waals surface area contributed by atoms with E-state index in [1.54, 1.807) is 18.2 Å². The van der Waals surface area contributed by atoms with Gasteiger partial charge in [-0.15, -0.1) is 0 Å². The highest BCUT2D eigenvalue weighted by Gasteiger charge is 2.11. The van der Waals surface area contributed by atoms with Gasteiger partial charge in [0.05, 0.1) is 0 Å². The van der Waals surface area contributed by atoms with Crippen LogP contribution in [0.15, 0.2) is 54.6 Å². The molecule has 1 aromatic heterocycles. The Morgan fingerprint density at radius 1 is 1.00 bits per heavy atom. The van der Waals surface area contributed by atoms with Gasteiger partial charge in [-0.05, 0) is 55.5 Å². The maximum Gasteiger partial charge on any atom is 0.274 e. The van der Waals surface area contributed by atoms with Crippen LogP contribution in [0.3, 0.4) is 0 Å². The zero-order valence-corrected chi connectivity index (χ0v) is 16.1. The number of halogens is 1. The molecule has 0 aliphatic carbocycles. The summed E-state index contributed by atoms with van der Waals surface area (Å²) in [7, 11) is 3.93. The average molecular weight is 382 g/mol. The number of aryl methyl sites for hydroxylation is 1. The van der Waals surface area contributed by atoms with Crippen molar-refractivity contribution in [1.82, 2.24) is 9.97 Å². The van der Waals surface area contributed by atoms with E-state index in [-0.39, 0.29) is 11.6 Å². The second-order valence-corrected chi connectivity index (χ2v) is 6.69. The molecule has 0 aliphatic rings. The van der Waals surface area contributed by atoms with Crippen LogP contribution in [0.1, 0.15) is 16.2 Å². The minimum atomic E-state index is -0.299. The molecule has 138 valence electrons. The van der Waals surface area contributed by atoms with Crippen LogP contribution < -0.4 is 15.5 Å². The number of anilines is 4. The van der Waals surface area contributed by atoms with Gasteiger partial charge in [-0.25, -0.2) is 9.97 Å². The summed E-state index contributed by atoms with van der Waals surface area (Å²) in [6.45, 7) is 1.81. The topological polar surface area (TPSA) is 70.2 Å². The van der Waals surface area contributed by atoms with Crippen molar-refractivity contribution >= 4 is 40.5 Å². The van der Waals surface area contributed by atoms with Gasteiger partial charge in [0.15, 0.2) is 0 Å². The van der Waals surface area contributed by atoms with E-state index >= 15 is 0 Å². The summed E-state index contributed by atoms with van der Waals surface area (Å²) < 4.78 is 0. The standard InChI is InChI=1S/C20H20ClN5O/c1-13-11-18(19(27)23-15-7-9-17(10-8-15)26(2)3)25-20(22-13)24-16-6-4-5-14(21)12-16/h4-12H,1-3H3,(H,23,27)(H,22,24,25). The minimum absolute atomic E-state index is 0.281. The number of carbonyl (C=O) groups is 1. The van der Waals surface area contributed by atoms with Crippen LogP contribution in [0.4, 0.5) is 23.0 Å². The minimum Gasteiger partial charge on any atom is -0.378 e. The van der Waals surface area contributed by atoms with Gasteiger partial charge >= 0.3 is 0 Å². The van der Waals surface area contributed by atoms with Crippen LogP contribution in [-0.2, 0) is 0 Å². The molecule has 0 unspecified atom stereocenters. The van der Waals surface area contributed by atoms with Crippen molar-refractivity contribution in [1.29, 1.82) is 0 Å². The normalized spacial score (nSPS) is 10.4. The van der Waals surface area contributed by atoms with E-state index in [9.17, 15) is 4.79 Å². The number of rotatable bonds is 5. The van der Waals surface area contributed by atoms with Crippen LogP contribution in [0.5, 0.6) is 0 Å². The summed E-state index contributed by atoms with van der Waals surface area (Å²) in [6, 6.07) is 16.4. The number of carbonyl (C=O) groups excluding carboxylic acids is 1. The van der Waals surface area contributed by atoms with E-state index in [0.717, 1.165) is 11.4 Å². The maximum atomic E-state index is 12.6. The van der Waals surface area contributed by atoms with Gasteiger partial charge in [-0.1, -0.05) is 17.7 Å². The first kappa shape index (κ1) is 18.7. The molecule has 0 bridgehead atoms. The Hall–Kier alpha value is -3.12. The third-order valence-corrected chi connectivity index (χ3v) is 4.04. The Balaban J connectivity index is 1.77. The summed E-state index contributed by atoms with van der Waals surface area (Å²) in [5.41, 5.74) is 3.47. The quantitative estimate of drug-likeness (QED) is 0.680. The Bertz CT molecular complexity index is 957. The molecule has 3 aromatic rings. The Labute approximate surface area is 163 Å². The third-order valence-electron chi connectivity index (χ3n) is 3.81. The molecular weight excluding hydrogens is 362 g/mol. The van der Waals surface area contributed by atoms with Crippen molar-refractivity contribution in [2.75, 3.05) is 29.6 Å². The van der Waals surface area contributed by atoms with Gasteiger partial charge in [0, 0.05) is 41.9 Å². The van der Waals surface area contributed by atoms with E-state index in [1.165, 1.54) is 0 Å². The average Bonchev–Trinajstić information content (AvgIpc) is 2.61. The molecule has 0 spiro atoms. The number of nitrogens with zero attached hydrogens (tertiary/aromatic N) is 3. The Morgan fingerprint density at radius 2 is 1.74 bits per heavy atom. The van der Waals surface area contributed by atoms with E-state index in [4.69, 9.17) is 11.6 Å². The van der Waals surface area contributed by atoms with Gasteiger partial charge in [-0.2, -0.15) is 0 Å². The molecule has 6 nitrogen and oxygen atoms in total. The largest absolute Gasteiger partial charge is 0.378 e. The van der Waals surface area contributed by atoms with Gasteiger partial charge < -0.3 is 15.5 Å². The molecule has 2 aromatic carbocycles. The van der Waals surface area contributed by atoms with Crippen molar-refractivity contribution in [3.05, 3.63) is 71.0 Å². The molecule has 0 saturated heterocycles. The van der Waals surface area contributed by atoms with Crippen LogP contribution in [0, 0.1) is 6.92 Å². The smallest absolute Gasteiger partial charge is 0.274 e. The summed E-state index contributed by atoms with van der Waals surface area (Å²) >= 11 is 6.00. The zero-order valence-electron chi connectivity index (χ0n) is 15.3. The molecule has 0 fully saturated rings. The molecule has 3 rings (SSSR count). The lowest BCUT2D eigenvalue weighted by Crippen LogP contribution is -2.15. The molecular formula is C20H20ClN5O. The van der Waals surface area contributed by atoms with Gasteiger partial charge in [0.1, 0.15) is 5.69 Å². The van der Waals surface area contributed by atoms with Crippen molar-refractivity contribution in [2.45, 2.75) is 6.92 Å². The van der Waals surface area contributed by atoms with Crippen LogP contribution >= 0.6 is 11.6 Å². The summed E-state index contributed by atoms with van der Waals surface area (Å²) in [5.74, 6) is 0.0395. The molecule has 0 radical (unpaired) electrons. The monoisotopic (exact) mass is 381 g/mol. The van der Waals surface area contributed by atoms with E-state index < -0.39 is 0 Å². The summed E-state index contributed by atoms with van der Waals surface area (Å²) in [4.78, 5) is 23.2. The van der Waals surface area contributed by atoms with E-state index in [0.29, 0.717) is 22.4 Å². The Morgan fingerprint density at radius 3 is 2.41 bits per heavy atom.